The molecule has 0 fully saturated rings. The maximum atomic E-state index is 5.45. The van der Waals surface area contributed by atoms with Gasteiger partial charge in [0.1, 0.15) is 0 Å². The number of aromatic nitrogens is 2. The molecule has 0 spiro atoms. The quantitative estimate of drug-likeness (QED) is 0.803. The number of rotatable bonds is 1. The minimum Gasteiger partial charge on any atom is -0.370 e. The summed E-state index contributed by atoms with van der Waals surface area (Å²) in [5.74, 6) is 0.599. The molecular formula is C13H16BrN3S. The van der Waals surface area contributed by atoms with Gasteiger partial charge in [0, 0.05) is 24.1 Å². The number of hydrogen-bond acceptors (Lipinski definition) is 2. The Kier molecular flexibility index (Phi) is 2.98. The van der Waals surface area contributed by atoms with Crippen LogP contribution >= 0.6 is 28.1 Å². The Hall–Kier alpha value is -0.810. The summed E-state index contributed by atoms with van der Waals surface area (Å²) in [6, 6.07) is 4.30. The van der Waals surface area contributed by atoms with Crippen molar-refractivity contribution in [3.8, 4) is 0 Å². The molecule has 3 nitrogen and oxygen atoms in total. The summed E-state index contributed by atoms with van der Waals surface area (Å²) in [6.45, 7) is 7.58. The average molecular weight is 326 g/mol. The summed E-state index contributed by atoms with van der Waals surface area (Å²) in [5.41, 5.74) is 3.64. The van der Waals surface area contributed by atoms with E-state index in [9.17, 15) is 0 Å². The maximum Gasteiger partial charge on any atom is 0.178 e. The zero-order chi connectivity index (χ0) is 12.9. The van der Waals surface area contributed by atoms with Gasteiger partial charge in [-0.2, -0.15) is 0 Å². The molecule has 5 heteroatoms. The van der Waals surface area contributed by atoms with Gasteiger partial charge in [-0.3, -0.25) is 0 Å². The van der Waals surface area contributed by atoms with E-state index < -0.39 is 0 Å². The van der Waals surface area contributed by atoms with Crippen molar-refractivity contribution in [1.29, 1.82) is 0 Å². The molecule has 1 aliphatic rings. The van der Waals surface area contributed by atoms with Crippen molar-refractivity contribution in [3.05, 3.63) is 21.4 Å². The predicted octanol–water partition coefficient (Wildman–Crippen LogP) is 3.94. The number of halogens is 1. The van der Waals surface area contributed by atoms with Gasteiger partial charge in [-0.25, -0.2) is 0 Å². The Balaban J connectivity index is 2.39. The summed E-state index contributed by atoms with van der Waals surface area (Å²) in [5, 5.41) is 0. The first-order chi connectivity index (χ1) is 8.60. The van der Waals surface area contributed by atoms with Crippen LogP contribution in [0.2, 0.25) is 0 Å². The molecule has 1 aromatic carbocycles. The second kappa shape index (κ2) is 4.38. The number of anilines is 1. The molecule has 0 aliphatic carbocycles. The topological polar surface area (TPSA) is 24.0 Å². The van der Waals surface area contributed by atoms with Gasteiger partial charge in [0.25, 0.3) is 0 Å². The minimum atomic E-state index is 0.599. The number of hydrogen-bond donors (Lipinski definition) is 1. The molecule has 1 aromatic heterocycles. The van der Waals surface area contributed by atoms with E-state index in [-0.39, 0.29) is 0 Å². The number of H-pyrrole nitrogens is 1. The van der Waals surface area contributed by atoms with Gasteiger partial charge in [-0.1, -0.05) is 22.9 Å². The lowest BCUT2D eigenvalue weighted by atomic mass is 10.1. The Bertz CT molecular complexity index is 658. The number of imidazole rings is 1. The molecule has 2 heterocycles. The molecule has 3 rings (SSSR count). The highest BCUT2D eigenvalue weighted by Gasteiger charge is 2.21. The van der Waals surface area contributed by atoms with Crippen molar-refractivity contribution in [1.82, 2.24) is 9.55 Å². The van der Waals surface area contributed by atoms with Crippen LogP contribution in [-0.2, 0) is 6.54 Å². The molecule has 0 saturated carbocycles. The summed E-state index contributed by atoms with van der Waals surface area (Å²) in [6.07, 6.45) is 0. The predicted molar refractivity (Wildman–Crippen MR) is 81.9 cm³/mol. The highest BCUT2D eigenvalue weighted by Crippen LogP contribution is 2.34. The van der Waals surface area contributed by atoms with E-state index in [1.165, 1.54) is 11.2 Å². The third kappa shape index (κ3) is 1.80. The van der Waals surface area contributed by atoms with E-state index in [1.807, 2.05) is 0 Å². The number of nitrogens with zero attached hydrogens (tertiary/aromatic N) is 2. The number of nitrogens with one attached hydrogen (secondary N) is 1. The zero-order valence-corrected chi connectivity index (χ0v) is 12.9. The summed E-state index contributed by atoms with van der Waals surface area (Å²) in [4.78, 5) is 5.75. The van der Waals surface area contributed by atoms with Crippen molar-refractivity contribution >= 4 is 44.9 Å². The standard InChI is InChI=1S/C13H16BrN3S/c1-3-16-6-8(2)7-17-12-10(15-13(17)18)4-9(14)5-11(12)16/h4-5,8H,3,6-7H2,1-2H3,(H,15,18). The second-order valence-corrected chi connectivity index (χ2v) is 6.31. The minimum absolute atomic E-state index is 0.599. The van der Waals surface area contributed by atoms with E-state index >= 15 is 0 Å². The average Bonchev–Trinajstić information content (AvgIpc) is 2.53. The molecule has 0 radical (unpaired) electrons. The lowest BCUT2D eigenvalue weighted by molar-refractivity contribution is 0.491. The van der Waals surface area contributed by atoms with Crippen molar-refractivity contribution in [2.75, 3.05) is 18.0 Å². The monoisotopic (exact) mass is 325 g/mol. The van der Waals surface area contributed by atoms with Crippen molar-refractivity contribution < 1.29 is 0 Å². The highest BCUT2D eigenvalue weighted by molar-refractivity contribution is 9.10. The third-order valence-corrected chi connectivity index (χ3v) is 4.34. The van der Waals surface area contributed by atoms with Crippen LogP contribution in [0.15, 0.2) is 16.6 Å². The summed E-state index contributed by atoms with van der Waals surface area (Å²) < 4.78 is 4.17. The molecule has 0 saturated heterocycles. The molecule has 1 unspecified atom stereocenters. The molecule has 1 N–H and O–H groups in total. The van der Waals surface area contributed by atoms with Gasteiger partial charge in [0.2, 0.25) is 0 Å². The zero-order valence-electron chi connectivity index (χ0n) is 10.5. The van der Waals surface area contributed by atoms with Crippen molar-refractivity contribution in [2.24, 2.45) is 5.92 Å². The SMILES string of the molecule is CCN1CC(C)Cn2c(=S)[nH]c3cc(Br)cc1c32. The first kappa shape index (κ1) is 12.2. The van der Waals surface area contributed by atoms with E-state index in [2.05, 4.69) is 56.4 Å². The van der Waals surface area contributed by atoms with Gasteiger partial charge in [0.05, 0.1) is 16.7 Å². The molecule has 1 atom stereocenters. The van der Waals surface area contributed by atoms with Crippen molar-refractivity contribution in [3.63, 3.8) is 0 Å². The normalized spacial score (nSPS) is 19.3. The molecule has 2 aromatic rings. The largest absolute Gasteiger partial charge is 0.370 e. The van der Waals surface area contributed by atoms with Crippen LogP contribution in [0.3, 0.4) is 0 Å². The Labute approximate surface area is 120 Å². The van der Waals surface area contributed by atoms with Gasteiger partial charge in [-0.05, 0) is 37.2 Å². The summed E-state index contributed by atoms with van der Waals surface area (Å²) >= 11 is 9.04. The van der Waals surface area contributed by atoms with Gasteiger partial charge >= 0.3 is 0 Å². The fraction of sp³-hybridized carbons (Fsp3) is 0.462. The molecular weight excluding hydrogens is 310 g/mol. The van der Waals surface area contributed by atoms with Crippen LogP contribution in [0.25, 0.3) is 11.0 Å². The molecule has 0 bridgehead atoms. The van der Waals surface area contributed by atoms with Gasteiger partial charge in [-0.15, -0.1) is 0 Å². The first-order valence-corrected chi connectivity index (χ1v) is 7.47. The second-order valence-electron chi connectivity index (χ2n) is 5.01. The molecule has 96 valence electrons. The smallest absolute Gasteiger partial charge is 0.178 e. The first-order valence-electron chi connectivity index (χ1n) is 6.27. The van der Waals surface area contributed by atoms with Gasteiger partial charge < -0.3 is 14.5 Å². The lowest BCUT2D eigenvalue weighted by Crippen LogP contribution is -2.27. The van der Waals surface area contributed by atoms with E-state index in [1.54, 1.807) is 0 Å². The highest BCUT2D eigenvalue weighted by atomic mass is 79.9. The number of benzene rings is 1. The van der Waals surface area contributed by atoms with Crippen LogP contribution in [0.4, 0.5) is 5.69 Å². The van der Waals surface area contributed by atoms with E-state index in [0.717, 1.165) is 34.4 Å². The number of aromatic amines is 1. The van der Waals surface area contributed by atoms with E-state index in [0.29, 0.717) is 5.92 Å². The molecule has 0 amide bonds. The van der Waals surface area contributed by atoms with E-state index in [4.69, 9.17) is 12.2 Å². The Morgan fingerprint density at radius 1 is 1.44 bits per heavy atom. The van der Waals surface area contributed by atoms with Crippen LogP contribution in [0.1, 0.15) is 13.8 Å². The Morgan fingerprint density at radius 2 is 2.22 bits per heavy atom. The molecule has 18 heavy (non-hydrogen) atoms. The van der Waals surface area contributed by atoms with Crippen LogP contribution in [0.5, 0.6) is 0 Å². The maximum absolute atomic E-state index is 5.45. The summed E-state index contributed by atoms with van der Waals surface area (Å²) in [7, 11) is 0. The molecule has 1 aliphatic heterocycles. The Morgan fingerprint density at radius 3 is 2.94 bits per heavy atom. The van der Waals surface area contributed by atoms with Crippen LogP contribution < -0.4 is 4.90 Å². The third-order valence-electron chi connectivity index (χ3n) is 3.56. The van der Waals surface area contributed by atoms with Crippen LogP contribution in [0, 0.1) is 10.7 Å². The lowest BCUT2D eigenvalue weighted by Gasteiger charge is -2.24. The fourth-order valence-corrected chi connectivity index (χ4v) is 3.53. The van der Waals surface area contributed by atoms with Crippen molar-refractivity contribution in [2.45, 2.75) is 20.4 Å². The van der Waals surface area contributed by atoms with Crippen LogP contribution in [-0.4, -0.2) is 22.6 Å². The fourth-order valence-electron chi connectivity index (χ4n) is 2.81. The van der Waals surface area contributed by atoms with Gasteiger partial charge in [0.15, 0.2) is 4.77 Å².